The van der Waals surface area contributed by atoms with E-state index < -0.39 is 0 Å². The first kappa shape index (κ1) is 10.7. The second-order valence-corrected chi connectivity index (χ2v) is 4.90. The number of hydrogen-bond donors (Lipinski definition) is 0. The molecule has 84 valence electrons. The highest BCUT2D eigenvalue weighted by atomic mass is 16.5. The van der Waals surface area contributed by atoms with Crippen LogP contribution in [-0.2, 0) is 9.53 Å². The molecule has 2 heteroatoms. The average molecular weight is 208 g/mol. The summed E-state index contributed by atoms with van der Waals surface area (Å²) in [5, 5.41) is 0. The molecule has 0 aromatic rings. The van der Waals surface area contributed by atoms with Gasteiger partial charge < -0.3 is 4.74 Å². The molecule has 2 aliphatic carbocycles. The van der Waals surface area contributed by atoms with E-state index in [1.54, 1.807) is 0 Å². The van der Waals surface area contributed by atoms with Crippen LogP contribution in [0.3, 0.4) is 0 Å². The first-order chi connectivity index (χ1) is 7.25. The van der Waals surface area contributed by atoms with E-state index in [9.17, 15) is 4.79 Å². The maximum absolute atomic E-state index is 11.8. The molecule has 2 rings (SSSR count). The van der Waals surface area contributed by atoms with Gasteiger partial charge in [0.05, 0.1) is 5.92 Å². The van der Waals surface area contributed by atoms with Gasteiger partial charge >= 0.3 is 5.97 Å². The van der Waals surface area contributed by atoms with E-state index in [4.69, 9.17) is 4.74 Å². The molecule has 0 aromatic carbocycles. The molecule has 0 N–H and O–H groups in total. The lowest BCUT2D eigenvalue weighted by Crippen LogP contribution is -2.24. The maximum Gasteiger partial charge on any atom is 0.313 e. The van der Waals surface area contributed by atoms with Crippen molar-refractivity contribution >= 4 is 5.97 Å². The molecule has 1 fully saturated rings. The van der Waals surface area contributed by atoms with E-state index in [-0.39, 0.29) is 18.0 Å². The van der Waals surface area contributed by atoms with Crippen molar-refractivity contribution in [3.05, 3.63) is 12.2 Å². The van der Waals surface area contributed by atoms with E-state index in [0.29, 0.717) is 5.92 Å². The van der Waals surface area contributed by atoms with Crippen molar-refractivity contribution in [1.82, 2.24) is 0 Å². The predicted octanol–water partition coefficient (Wildman–Crippen LogP) is 3.07. The molecule has 0 spiro atoms. The number of esters is 1. The molecule has 1 saturated carbocycles. The molecule has 0 amide bonds. The fraction of sp³-hybridized carbons (Fsp3) is 0.769. The van der Waals surface area contributed by atoms with Gasteiger partial charge in [0, 0.05) is 0 Å². The fourth-order valence-electron chi connectivity index (χ4n) is 2.49. The van der Waals surface area contributed by atoms with E-state index in [0.717, 1.165) is 19.3 Å². The van der Waals surface area contributed by atoms with Crippen molar-refractivity contribution in [3.63, 3.8) is 0 Å². The van der Waals surface area contributed by atoms with Crippen LogP contribution in [0, 0.1) is 11.8 Å². The fourth-order valence-corrected chi connectivity index (χ4v) is 2.49. The Bertz CT molecular complexity index is 251. The van der Waals surface area contributed by atoms with Crippen molar-refractivity contribution in [2.24, 2.45) is 11.8 Å². The zero-order chi connectivity index (χ0) is 10.7. The summed E-state index contributed by atoms with van der Waals surface area (Å²) in [5.74, 6) is 0.568. The molecule has 0 radical (unpaired) electrons. The van der Waals surface area contributed by atoms with Gasteiger partial charge in [-0.2, -0.15) is 0 Å². The molecule has 2 atom stereocenters. The van der Waals surface area contributed by atoms with E-state index >= 15 is 0 Å². The molecule has 2 nitrogen and oxygen atoms in total. The molecule has 2 aliphatic rings. The summed E-state index contributed by atoms with van der Waals surface area (Å²) in [6.45, 7) is 2.14. The Morgan fingerprint density at radius 1 is 1.20 bits per heavy atom. The maximum atomic E-state index is 11.8. The van der Waals surface area contributed by atoms with Crippen LogP contribution in [-0.4, -0.2) is 12.1 Å². The molecule has 0 bridgehead atoms. The second kappa shape index (κ2) is 4.82. The van der Waals surface area contributed by atoms with Crippen LogP contribution in [0.1, 0.15) is 45.4 Å². The van der Waals surface area contributed by atoms with E-state index in [1.165, 1.54) is 19.3 Å². The molecule has 0 unspecified atom stereocenters. The molecular formula is C13H20O2. The van der Waals surface area contributed by atoms with Gasteiger partial charge in [-0.05, 0) is 38.0 Å². The third-order valence-electron chi connectivity index (χ3n) is 3.44. The van der Waals surface area contributed by atoms with E-state index in [2.05, 4.69) is 13.0 Å². The second-order valence-electron chi connectivity index (χ2n) is 4.90. The normalized spacial score (nSPS) is 31.8. The number of carbonyl (C=O) groups excluding carboxylic acids is 1. The van der Waals surface area contributed by atoms with Gasteiger partial charge in [-0.15, -0.1) is 0 Å². The van der Waals surface area contributed by atoms with Gasteiger partial charge in [0.2, 0.25) is 0 Å². The van der Waals surface area contributed by atoms with Gasteiger partial charge in [0.25, 0.3) is 0 Å². The van der Waals surface area contributed by atoms with Crippen molar-refractivity contribution < 1.29 is 9.53 Å². The highest BCUT2D eigenvalue weighted by Gasteiger charge is 2.26. The van der Waals surface area contributed by atoms with Crippen LogP contribution >= 0.6 is 0 Å². The zero-order valence-electron chi connectivity index (χ0n) is 9.45. The van der Waals surface area contributed by atoms with Crippen LogP contribution in [0.15, 0.2) is 12.2 Å². The van der Waals surface area contributed by atoms with Crippen molar-refractivity contribution in [3.8, 4) is 0 Å². The van der Waals surface area contributed by atoms with Crippen LogP contribution in [0.5, 0.6) is 0 Å². The highest BCUT2D eigenvalue weighted by Crippen LogP contribution is 2.26. The molecule has 0 saturated heterocycles. The minimum absolute atomic E-state index is 0.00231. The highest BCUT2D eigenvalue weighted by molar-refractivity contribution is 5.75. The van der Waals surface area contributed by atoms with Crippen molar-refractivity contribution in [1.29, 1.82) is 0 Å². The van der Waals surface area contributed by atoms with Crippen LogP contribution < -0.4 is 0 Å². The number of hydrogen-bond acceptors (Lipinski definition) is 2. The molecule has 15 heavy (non-hydrogen) atoms. The summed E-state index contributed by atoms with van der Waals surface area (Å²) in [6.07, 6.45) is 11.1. The third-order valence-corrected chi connectivity index (χ3v) is 3.44. The number of allylic oxidation sites excluding steroid dienone is 1. The Hall–Kier alpha value is -0.790. The summed E-state index contributed by atoms with van der Waals surface area (Å²) in [7, 11) is 0. The van der Waals surface area contributed by atoms with Gasteiger partial charge in [0.1, 0.15) is 6.10 Å². The number of rotatable bonds is 2. The first-order valence-corrected chi connectivity index (χ1v) is 6.14. The minimum Gasteiger partial charge on any atom is -0.462 e. The summed E-state index contributed by atoms with van der Waals surface area (Å²) in [6, 6.07) is 0. The number of carbonyl (C=O) groups is 1. The lowest BCUT2D eigenvalue weighted by atomic mass is 9.97. The molecular weight excluding hydrogens is 188 g/mol. The quantitative estimate of drug-likeness (QED) is 0.515. The SMILES string of the molecule is C[C@H]1C=C[C@@H](C(=O)OC2CCCCC2)C1. The lowest BCUT2D eigenvalue weighted by molar-refractivity contribution is -0.153. The van der Waals surface area contributed by atoms with Gasteiger partial charge in [-0.3, -0.25) is 4.79 Å². The third kappa shape index (κ3) is 2.83. The Morgan fingerprint density at radius 3 is 2.53 bits per heavy atom. The Kier molecular flexibility index (Phi) is 3.45. The summed E-state index contributed by atoms with van der Waals surface area (Å²) in [4.78, 5) is 11.8. The van der Waals surface area contributed by atoms with Crippen molar-refractivity contribution in [2.75, 3.05) is 0 Å². The lowest BCUT2D eigenvalue weighted by Gasteiger charge is -2.23. The van der Waals surface area contributed by atoms with Gasteiger partial charge in [-0.1, -0.05) is 25.5 Å². The monoisotopic (exact) mass is 208 g/mol. The predicted molar refractivity (Wildman–Crippen MR) is 59.4 cm³/mol. The molecule has 0 aliphatic heterocycles. The van der Waals surface area contributed by atoms with Crippen molar-refractivity contribution in [2.45, 2.75) is 51.6 Å². The summed E-state index contributed by atoms with van der Waals surface area (Å²) >= 11 is 0. The minimum atomic E-state index is 0.00231. The molecule has 0 aromatic heterocycles. The molecule has 0 heterocycles. The summed E-state index contributed by atoms with van der Waals surface area (Å²) in [5.41, 5.74) is 0. The van der Waals surface area contributed by atoms with Crippen LogP contribution in [0.2, 0.25) is 0 Å². The standard InChI is InChI=1S/C13H20O2/c1-10-7-8-11(9-10)13(14)15-12-5-3-2-4-6-12/h7-8,10-12H,2-6,9H2,1H3/t10-,11+/m0/s1. The Morgan fingerprint density at radius 2 is 1.93 bits per heavy atom. The largest absolute Gasteiger partial charge is 0.462 e. The summed E-state index contributed by atoms with van der Waals surface area (Å²) < 4.78 is 5.53. The smallest absolute Gasteiger partial charge is 0.313 e. The van der Waals surface area contributed by atoms with Crippen LogP contribution in [0.25, 0.3) is 0 Å². The number of ether oxygens (including phenoxy) is 1. The van der Waals surface area contributed by atoms with Crippen LogP contribution in [0.4, 0.5) is 0 Å². The average Bonchev–Trinajstić information content (AvgIpc) is 2.66. The van der Waals surface area contributed by atoms with E-state index in [1.807, 2.05) is 6.08 Å². The Balaban J connectivity index is 1.79. The first-order valence-electron chi connectivity index (χ1n) is 6.14. The zero-order valence-corrected chi connectivity index (χ0v) is 9.45. The Labute approximate surface area is 91.7 Å². The van der Waals surface area contributed by atoms with Gasteiger partial charge in [-0.25, -0.2) is 0 Å². The van der Waals surface area contributed by atoms with Gasteiger partial charge in [0.15, 0.2) is 0 Å². The topological polar surface area (TPSA) is 26.3 Å².